The Kier molecular flexibility index (Phi) is 14.4. The average Bonchev–Trinajstić information content (AvgIpc) is 2.26. The standard InChI is InChI=1S/C6H8O7.C3H8O3.Bi/c7-3(8)1-6(13,5(11)12)2-4(9)10;4-1-3(6)2-5;/h13H,1-2H2,(H,7,8)(H,9,10)(H,11,12);3-6H,1-2H2;/q;;+3/p-3. The van der Waals surface area contributed by atoms with Crippen molar-refractivity contribution in [1.82, 2.24) is 0 Å². The Morgan fingerprint density at radius 2 is 1.25 bits per heavy atom. The molecule has 0 heterocycles. The van der Waals surface area contributed by atoms with Gasteiger partial charge in [-0.3, -0.25) is 0 Å². The van der Waals surface area contributed by atoms with Crippen LogP contribution in [0.2, 0.25) is 0 Å². The summed E-state index contributed by atoms with van der Waals surface area (Å²) in [5, 5.41) is 62.9. The van der Waals surface area contributed by atoms with Crippen molar-refractivity contribution in [2.45, 2.75) is 24.5 Å². The van der Waals surface area contributed by atoms with Gasteiger partial charge < -0.3 is 50.1 Å². The van der Waals surface area contributed by atoms with Crippen molar-refractivity contribution in [3.63, 3.8) is 0 Å². The van der Waals surface area contributed by atoms with Gasteiger partial charge in [0.2, 0.25) is 0 Å². The first-order chi connectivity index (χ1) is 8.58. The largest absolute Gasteiger partial charge is 3.00 e. The van der Waals surface area contributed by atoms with Crippen LogP contribution in [0.15, 0.2) is 0 Å². The number of carboxylic acid groups (broad SMARTS) is 3. The molecule has 0 saturated heterocycles. The van der Waals surface area contributed by atoms with Crippen LogP contribution in [0.25, 0.3) is 0 Å². The molecule has 0 bridgehead atoms. The maximum atomic E-state index is 10.1. The molecule has 11 heteroatoms. The van der Waals surface area contributed by atoms with Gasteiger partial charge in [0, 0.05) is 24.8 Å². The number of carbonyl (C=O) groups is 3. The second-order valence-corrected chi connectivity index (χ2v) is 3.44. The van der Waals surface area contributed by atoms with Crippen LogP contribution in [-0.2, 0) is 14.4 Å². The van der Waals surface area contributed by atoms with E-state index in [9.17, 15) is 29.7 Å². The van der Waals surface area contributed by atoms with Crippen LogP contribution in [0, 0.1) is 0 Å². The minimum atomic E-state index is -2.97. The van der Waals surface area contributed by atoms with Gasteiger partial charge in [-0.1, -0.05) is 0 Å². The molecule has 0 spiro atoms. The Balaban J connectivity index is -0.000000352. The molecule has 0 aliphatic rings. The van der Waals surface area contributed by atoms with E-state index in [0.717, 1.165) is 0 Å². The third-order valence-electron chi connectivity index (χ3n) is 1.68. The first-order valence-electron chi connectivity index (χ1n) is 4.82. The fourth-order valence-corrected chi connectivity index (χ4v) is 0.742. The zero-order valence-corrected chi connectivity index (χ0v) is 13.6. The predicted octanol–water partition coefficient (Wildman–Crippen LogP) is -7.30. The van der Waals surface area contributed by atoms with E-state index >= 15 is 0 Å². The van der Waals surface area contributed by atoms with Gasteiger partial charge >= 0.3 is 26.2 Å². The van der Waals surface area contributed by atoms with Crippen molar-refractivity contribution < 1.29 is 50.1 Å². The summed E-state index contributed by atoms with van der Waals surface area (Å²) in [6, 6.07) is 0. The summed E-state index contributed by atoms with van der Waals surface area (Å²) >= 11 is 0. The van der Waals surface area contributed by atoms with E-state index < -0.39 is 42.5 Å². The Morgan fingerprint density at radius 3 is 1.35 bits per heavy atom. The summed E-state index contributed by atoms with van der Waals surface area (Å²) in [5.41, 5.74) is -2.97. The minimum absolute atomic E-state index is 0. The number of aliphatic hydroxyl groups is 4. The molecule has 0 aromatic rings. The number of hydrogen-bond donors (Lipinski definition) is 4. The van der Waals surface area contributed by atoms with Crippen molar-refractivity contribution in [3.8, 4) is 0 Å². The molecule has 0 saturated carbocycles. The summed E-state index contributed by atoms with van der Waals surface area (Å²) in [5.74, 6) is -5.98. The van der Waals surface area contributed by atoms with Crippen LogP contribution in [0.4, 0.5) is 0 Å². The molecule has 0 aromatic heterocycles. The summed E-state index contributed by atoms with van der Waals surface area (Å²) in [4.78, 5) is 30.0. The van der Waals surface area contributed by atoms with Gasteiger partial charge in [-0.05, 0) is 0 Å². The molecule has 20 heavy (non-hydrogen) atoms. The van der Waals surface area contributed by atoms with Gasteiger partial charge in [-0.15, -0.1) is 0 Å². The van der Waals surface area contributed by atoms with Crippen LogP contribution in [-0.4, -0.2) is 89.5 Å². The van der Waals surface area contributed by atoms with Gasteiger partial charge in [0.05, 0.1) is 19.2 Å². The van der Waals surface area contributed by atoms with E-state index in [0.29, 0.717) is 0 Å². The summed E-state index contributed by atoms with van der Waals surface area (Å²) in [6.45, 7) is -0.729. The van der Waals surface area contributed by atoms with Crippen molar-refractivity contribution in [2.75, 3.05) is 13.2 Å². The molecule has 0 rings (SSSR count). The second-order valence-electron chi connectivity index (χ2n) is 3.44. The normalized spacial score (nSPS) is 10.1. The maximum absolute atomic E-state index is 10.1. The third kappa shape index (κ3) is 12.2. The number of carboxylic acids is 3. The maximum Gasteiger partial charge on any atom is 3.00 e. The van der Waals surface area contributed by atoms with E-state index in [4.69, 9.17) is 20.4 Å². The summed E-state index contributed by atoms with van der Waals surface area (Å²) in [7, 11) is 0. The van der Waals surface area contributed by atoms with E-state index in [-0.39, 0.29) is 39.4 Å². The predicted molar refractivity (Wildman–Crippen MR) is 55.1 cm³/mol. The van der Waals surface area contributed by atoms with Crippen LogP contribution >= 0.6 is 0 Å². The molecule has 0 unspecified atom stereocenters. The number of hydrogen-bond acceptors (Lipinski definition) is 10. The average molecular weight is 490 g/mol. The van der Waals surface area contributed by atoms with Gasteiger partial charge in [0.15, 0.2) is 0 Å². The van der Waals surface area contributed by atoms with Crippen LogP contribution in [0.1, 0.15) is 12.8 Å². The molecule has 10 nitrogen and oxygen atoms in total. The number of aliphatic carboxylic acids is 3. The zero-order chi connectivity index (χ0) is 15.6. The van der Waals surface area contributed by atoms with Gasteiger partial charge in [0.25, 0.3) is 0 Å². The topological polar surface area (TPSA) is 201 Å². The Labute approximate surface area is 132 Å². The third-order valence-corrected chi connectivity index (χ3v) is 1.68. The van der Waals surface area contributed by atoms with Gasteiger partial charge in [0.1, 0.15) is 11.7 Å². The smallest absolute Gasteiger partial charge is 0.550 e. The number of carbonyl (C=O) groups excluding carboxylic acids is 3. The molecular formula is C9H13BiO10. The van der Waals surface area contributed by atoms with Crippen LogP contribution in [0.3, 0.4) is 0 Å². The Morgan fingerprint density at radius 1 is 0.950 bits per heavy atom. The first kappa shape index (κ1) is 24.2. The van der Waals surface area contributed by atoms with Gasteiger partial charge in [-0.25, -0.2) is 0 Å². The molecule has 0 amide bonds. The molecular weight excluding hydrogens is 477 g/mol. The SMILES string of the molecule is O=C([O-])CC(O)(CC(=O)[O-])C(=O)[O-].OCC(O)CO.[Bi+3]. The summed E-state index contributed by atoms with van der Waals surface area (Å²) in [6.07, 6.45) is -3.67. The van der Waals surface area contributed by atoms with Crippen LogP contribution in [0.5, 0.6) is 0 Å². The molecule has 114 valence electrons. The summed E-state index contributed by atoms with van der Waals surface area (Å²) < 4.78 is 0. The Hall–Kier alpha value is -0.867. The quantitative estimate of drug-likeness (QED) is 0.249. The molecule has 2 radical (unpaired) electrons. The fraction of sp³-hybridized carbons (Fsp3) is 0.667. The van der Waals surface area contributed by atoms with Crippen molar-refractivity contribution in [3.05, 3.63) is 0 Å². The Bertz CT molecular complexity index is 298. The van der Waals surface area contributed by atoms with Crippen molar-refractivity contribution in [2.24, 2.45) is 0 Å². The van der Waals surface area contributed by atoms with Crippen molar-refractivity contribution >= 4 is 44.1 Å². The van der Waals surface area contributed by atoms with E-state index in [1.54, 1.807) is 0 Å². The minimum Gasteiger partial charge on any atom is -0.550 e. The van der Waals surface area contributed by atoms with E-state index in [2.05, 4.69) is 0 Å². The zero-order valence-electron chi connectivity index (χ0n) is 10.1. The molecule has 0 aromatic carbocycles. The number of rotatable bonds is 7. The molecule has 0 aliphatic carbocycles. The fourth-order valence-electron chi connectivity index (χ4n) is 0.742. The van der Waals surface area contributed by atoms with Crippen LogP contribution < -0.4 is 15.3 Å². The first-order valence-corrected chi connectivity index (χ1v) is 4.82. The monoisotopic (exact) mass is 490 g/mol. The van der Waals surface area contributed by atoms with E-state index in [1.807, 2.05) is 0 Å². The molecule has 0 atom stereocenters. The van der Waals surface area contributed by atoms with E-state index in [1.165, 1.54) is 0 Å². The molecule has 4 N–H and O–H groups in total. The molecule has 0 fully saturated rings. The second kappa shape index (κ2) is 11.9. The number of aliphatic hydroxyl groups excluding tert-OH is 3. The molecule has 0 aliphatic heterocycles. The van der Waals surface area contributed by atoms with Gasteiger partial charge in [-0.2, -0.15) is 0 Å². The van der Waals surface area contributed by atoms with Crippen molar-refractivity contribution in [1.29, 1.82) is 0 Å².